The Morgan fingerprint density at radius 2 is 1.81 bits per heavy atom. The van der Waals surface area contributed by atoms with Crippen LogP contribution in [0.1, 0.15) is 19.8 Å². The van der Waals surface area contributed by atoms with E-state index in [1.54, 1.807) is 14.2 Å². The maximum absolute atomic E-state index is 5.44. The Bertz CT molecular complexity index is 178. The van der Waals surface area contributed by atoms with Crippen LogP contribution in [0.4, 0.5) is 0 Å². The van der Waals surface area contributed by atoms with Crippen LogP contribution in [0.5, 0.6) is 0 Å². The second-order valence-electron chi connectivity index (χ2n) is 4.60. The summed E-state index contributed by atoms with van der Waals surface area (Å²) in [5.74, 6) is 0. The van der Waals surface area contributed by atoms with E-state index in [2.05, 4.69) is 17.1 Å². The van der Waals surface area contributed by atoms with Gasteiger partial charge in [0.05, 0.1) is 12.2 Å². The molecule has 1 heterocycles. The van der Waals surface area contributed by atoms with E-state index in [9.17, 15) is 0 Å². The molecule has 0 radical (unpaired) electrons. The quantitative estimate of drug-likeness (QED) is 0.654. The van der Waals surface area contributed by atoms with Gasteiger partial charge in [-0.1, -0.05) is 0 Å². The van der Waals surface area contributed by atoms with E-state index < -0.39 is 0 Å². The molecule has 4 heteroatoms. The van der Waals surface area contributed by atoms with Gasteiger partial charge in [0.2, 0.25) is 0 Å². The molecule has 0 aromatic carbocycles. The van der Waals surface area contributed by atoms with Crippen molar-refractivity contribution >= 4 is 0 Å². The molecule has 0 saturated carbocycles. The van der Waals surface area contributed by atoms with Crippen molar-refractivity contribution in [2.45, 2.75) is 38.0 Å². The van der Waals surface area contributed by atoms with E-state index >= 15 is 0 Å². The van der Waals surface area contributed by atoms with Crippen LogP contribution in [-0.2, 0) is 9.47 Å². The summed E-state index contributed by atoms with van der Waals surface area (Å²) in [6, 6.07) is 0.617. The molecule has 96 valence electrons. The number of ether oxygens (including phenoxy) is 2. The predicted octanol–water partition coefficient (Wildman–Crippen LogP) is 0.720. The highest BCUT2D eigenvalue weighted by Crippen LogP contribution is 2.19. The van der Waals surface area contributed by atoms with E-state index in [4.69, 9.17) is 9.47 Å². The summed E-state index contributed by atoms with van der Waals surface area (Å²) in [5, 5.41) is 3.19. The van der Waals surface area contributed by atoms with Gasteiger partial charge in [-0.3, -0.25) is 4.90 Å². The largest absolute Gasteiger partial charge is 0.377 e. The van der Waals surface area contributed by atoms with E-state index in [0.717, 1.165) is 19.6 Å². The zero-order chi connectivity index (χ0) is 12.0. The topological polar surface area (TPSA) is 33.7 Å². The molecule has 0 aromatic rings. The Labute approximate surface area is 99.3 Å². The van der Waals surface area contributed by atoms with Gasteiger partial charge in [-0.05, 0) is 33.4 Å². The third-order valence-electron chi connectivity index (χ3n) is 3.52. The van der Waals surface area contributed by atoms with Gasteiger partial charge in [0.15, 0.2) is 0 Å². The fourth-order valence-electron chi connectivity index (χ4n) is 2.34. The second kappa shape index (κ2) is 7.22. The molecule has 1 aliphatic heterocycles. The van der Waals surface area contributed by atoms with Gasteiger partial charge >= 0.3 is 0 Å². The van der Waals surface area contributed by atoms with Crippen LogP contribution in [0.15, 0.2) is 0 Å². The normalized spacial score (nSPS) is 28.5. The van der Waals surface area contributed by atoms with Crippen molar-refractivity contribution < 1.29 is 9.47 Å². The van der Waals surface area contributed by atoms with Crippen LogP contribution in [0.25, 0.3) is 0 Å². The van der Waals surface area contributed by atoms with Crippen LogP contribution >= 0.6 is 0 Å². The highest BCUT2D eigenvalue weighted by Gasteiger charge is 2.34. The average molecular weight is 230 g/mol. The molecule has 1 aliphatic rings. The molecular weight excluding hydrogens is 204 g/mol. The number of nitrogens with zero attached hydrogens (tertiary/aromatic N) is 1. The van der Waals surface area contributed by atoms with Gasteiger partial charge in [0.25, 0.3) is 0 Å². The number of rotatable bonds is 7. The van der Waals surface area contributed by atoms with Crippen molar-refractivity contribution in [3.05, 3.63) is 0 Å². The molecule has 0 spiro atoms. The smallest absolute Gasteiger partial charge is 0.0971 e. The second-order valence-corrected chi connectivity index (χ2v) is 4.60. The fraction of sp³-hybridized carbons (Fsp3) is 1.00. The van der Waals surface area contributed by atoms with Crippen LogP contribution in [0.3, 0.4) is 0 Å². The van der Waals surface area contributed by atoms with Crippen LogP contribution in [0, 0.1) is 0 Å². The first-order chi connectivity index (χ1) is 7.72. The zero-order valence-electron chi connectivity index (χ0n) is 11.0. The summed E-state index contributed by atoms with van der Waals surface area (Å²) in [4.78, 5) is 2.47. The highest BCUT2D eigenvalue weighted by atomic mass is 16.5. The molecular formula is C12H26N2O2. The van der Waals surface area contributed by atoms with Crippen LogP contribution in [0.2, 0.25) is 0 Å². The van der Waals surface area contributed by atoms with Gasteiger partial charge in [-0.2, -0.15) is 0 Å². The molecule has 16 heavy (non-hydrogen) atoms. The first-order valence-electron chi connectivity index (χ1n) is 6.17. The zero-order valence-corrected chi connectivity index (χ0v) is 11.0. The van der Waals surface area contributed by atoms with Gasteiger partial charge in [0.1, 0.15) is 0 Å². The third kappa shape index (κ3) is 3.70. The Kier molecular flexibility index (Phi) is 6.28. The fourth-order valence-corrected chi connectivity index (χ4v) is 2.34. The van der Waals surface area contributed by atoms with E-state index in [1.165, 1.54) is 12.8 Å². The average Bonchev–Trinajstić information content (AvgIpc) is 2.72. The van der Waals surface area contributed by atoms with E-state index in [1.807, 2.05) is 7.05 Å². The van der Waals surface area contributed by atoms with Crippen molar-refractivity contribution in [2.24, 2.45) is 0 Å². The third-order valence-corrected chi connectivity index (χ3v) is 3.52. The Morgan fingerprint density at radius 3 is 2.25 bits per heavy atom. The summed E-state index contributed by atoms with van der Waals surface area (Å²) in [7, 11) is 5.54. The maximum Gasteiger partial charge on any atom is 0.0971 e. The summed E-state index contributed by atoms with van der Waals surface area (Å²) in [6.45, 7) is 5.38. The van der Waals surface area contributed by atoms with Crippen molar-refractivity contribution in [3.63, 3.8) is 0 Å². The number of methoxy groups -OCH3 is 2. The Hall–Kier alpha value is -0.160. The highest BCUT2D eigenvalue weighted by molar-refractivity contribution is 4.88. The molecule has 3 atom stereocenters. The van der Waals surface area contributed by atoms with E-state index in [0.29, 0.717) is 6.04 Å². The lowest BCUT2D eigenvalue weighted by atomic mass is 10.1. The molecule has 1 saturated heterocycles. The lowest BCUT2D eigenvalue weighted by Crippen LogP contribution is -2.32. The first kappa shape index (κ1) is 13.9. The predicted molar refractivity (Wildman–Crippen MR) is 65.8 cm³/mol. The molecule has 1 fully saturated rings. The number of hydrogen-bond donors (Lipinski definition) is 1. The van der Waals surface area contributed by atoms with Gasteiger partial charge < -0.3 is 14.8 Å². The summed E-state index contributed by atoms with van der Waals surface area (Å²) in [6.07, 6.45) is 2.92. The minimum atomic E-state index is 0.233. The van der Waals surface area contributed by atoms with Gasteiger partial charge in [-0.15, -0.1) is 0 Å². The molecule has 0 aromatic heterocycles. The molecule has 4 nitrogen and oxygen atoms in total. The van der Waals surface area contributed by atoms with Crippen molar-refractivity contribution in [3.8, 4) is 0 Å². The Balaban J connectivity index is 2.32. The molecule has 0 amide bonds. The Morgan fingerprint density at radius 1 is 1.25 bits per heavy atom. The van der Waals surface area contributed by atoms with Crippen molar-refractivity contribution in [1.82, 2.24) is 10.2 Å². The van der Waals surface area contributed by atoms with Crippen LogP contribution < -0.4 is 5.32 Å². The van der Waals surface area contributed by atoms with Gasteiger partial charge in [-0.25, -0.2) is 0 Å². The summed E-state index contributed by atoms with van der Waals surface area (Å²) < 4.78 is 10.9. The molecule has 0 bridgehead atoms. The van der Waals surface area contributed by atoms with E-state index in [-0.39, 0.29) is 12.2 Å². The number of hydrogen-bond acceptors (Lipinski definition) is 4. The molecule has 0 aliphatic carbocycles. The number of likely N-dealkylation sites (tertiary alicyclic amines) is 1. The number of nitrogens with one attached hydrogen (secondary N) is 1. The first-order valence-corrected chi connectivity index (χ1v) is 6.17. The van der Waals surface area contributed by atoms with Gasteiger partial charge in [0, 0.05) is 33.4 Å². The summed E-state index contributed by atoms with van der Waals surface area (Å²) >= 11 is 0. The lowest BCUT2D eigenvalue weighted by molar-refractivity contribution is -0.00461. The standard InChI is InChI=1S/C12H26N2O2/c1-10(6-5-7-13-2)14-8-11(15-3)12(9-14)16-4/h10-13H,5-9H2,1-4H3. The SMILES string of the molecule is CNCCCC(C)N1CC(OC)C(OC)C1. The minimum absolute atomic E-state index is 0.233. The minimum Gasteiger partial charge on any atom is -0.377 e. The lowest BCUT2D eigenvalue weighted by Gasteiger charge is -2.23. The summed E-state index contributed by atoms with van der Waals surface area (Å²) in [5.41, 5.74) is 0. The molecule has 1 N–H and O–H groups in total. The maximum atomic E-state index is 5.44. The van der Waals surface area contributed by atoms with Crippen LogP contribution in [-0.4, -0.2) is 64.1 Å². The molecule has 3 unspecified atom stereocenters. The van der Waals surface area contributed by atoms with Crippen molar-refractivity contribution in [2.75, 3.05) is 40.9 Å². The van der Waals surface area contributed by atoms with Crippen molar-refractivity contribution in [1.29, 1.82) is 0 Å². The monoisotopic (exact) mass is 230 g/mol. The molecule has 1 rings (SSSR count).